The summed E-state index contributed by atoms with van der Waals surface area (Å²) in [5.41, 5.74) is 5.94. The number of nitrogens with zero attached hydrogens (tertiary/aromatic N) is 1. The van der Waals surface area contributed by atoms with Crippen LogP contribution in [-0.4, -0.2) is 32.1 Å². The Bertz CT molecular complexity index is 479. The number of anilines is 1. The quantitative estimate of drug-likeness (QED) is 0.806. The van der Waals surface area contributed by atoms with Crippen molar-refractivity contribution in [3.8, 4) is 0 Å². The molecule has 18 heavy (non-hydrogen) atoms. The van der Waals surface area contributed by atoms with Gasteiger partial charge < -0.3 is 16.0 Å². The van der Waals surface area contributed by atoms with Gasteiger partial charge in [-0.15, -0.1) is 0 Å². The molecule has 2 saturated heterocycles. The Morgan fingerprint density at radius 1 is 1.33 bits per heavy atom. The number of nitrogens with one attached hydrogen (secondary N) is 1. The number of halogens is 1. The van der Waals surface area contributed by atoms with Gasteiger partial charge in [0.05, 0.1) is 11.3 Å². The number of amides is 1. The largest absolute Gasteiger partial charge is 0.370 e. The molecule has 2 heterocycles. The molecule has 3 N–H and O–H groups in total. The van der Waals surface area contributed by atoms with Crippen molar-refractivity contribution in [1.82, 2.24) is 5.32 Å². The first-order valence-corrected chi connectivity index (χ1v) is 6.21. The van der Waals surface area contributed by atoms with Crippen LogP contribution in [0.5, 0.6) is 0 Å². The van der Waals surface area contributed by atoms with Gasteiger partial charge in [0.2, 0.25) is 0 Å². The zero-order chi connectivity index (χ0) is 12.7. The lowest BCUT2D eigenvalue weighted by molar-refractivity contribution is 0.0997. The highest BCUT2D eigenvalue weighted by Gasteiger charge is 2.37. The normalized spacial score (nSPS) is 26.4. The van der Waals surface area contributed by atoms with Crippen LogP contribution in [0.2, 0.25) is 0 Å². The molecule has 96 valence electrons. The first-order valence-electron chi connectivity index (χ1n) is 6.21. The van der Waals surface area contributed by atoms with Gasteiger partial charge in [0.15, 0.2) is 0 Å². The minimum absolute atomic E-state index is 0.0189. The van der Waals surface area contributed by atoms with Crippen LogP contribution in [0.4, 0.5) is 10.1 Å². The Hall–Kier alpha value is -1.62. The number of carbonyl (C=O) groups excluding carboxylic acids is 1. The van der Waals surface area contributed by atoms with Crippen molar-refractivity contribution in [2.45, 2.75) is 0 Å². The van der Waals surface area contributed by atoms with Gasteiger partial charge in [-0.2, -0.15) is 0 Å². The zero-order valence-corrected chi connectivity index (χ0v) is 10.0. The fourth-order valence-electron chi connectivity index (χ4n) is 3.07. The number of fused-ring (bicyclic) bond motifs is 1. The highest BCUT2D eigenvalue weighted by molar-refractivity contribution is 5.99. The van der Waals surface area contributed by atoms with E-state index >= 15 is 0 Å². The molecule has 1 amide bonds. The van der Waals surface area contributed by atoms with Crippen molar-refractivity contribution in [1.29, 1.82) is 0 Å². The van der Waals surface area contributed by atoms with E-state index < -0.39 is 11.7 Å². The van der Waals surface area contributed by atoms with E-state index in [-0.39, 0.29) is 5.56 Å². The van der Waals surface area contributed by atoms with Crippen LogP contribution in [0.1, 0.15) is 10.4 Å². The highest BCUT2D eigenvalue weighted by atomic mass is 19.1. The Labute approximate surface area is 105 Å². The number of rotatable bonds is 2. The molecule has 1 aromatic carbocycles. The van der Waals surface area contributed by atoms with Crippen LogP contribution in [-0.2, 0) is 0 Å². The summed E-state index contributed by atoms with van der Waals surface area (Å²) in [6.07, 6.45) is 0. The lowest BCUT2D eigenvalue weighted by atomic mass is 10.0. The molecule has 2 fully saturated rings. The molecule has 0 unspecified atom stereocenters. The fourth-order valence-corrected chi connectivity index (χ4v) is 3.07. The minimum Gasteiger partial charge on any atom is -0.370 e. The van der Waals surface area contributed by atoms with Crippen LogP contribution in [0.15, 0.2) is 18.2 Å². The molecule has 5 heteroatoms. The Kier molecular flexibility index (Phi) is 2.70. The van der Waals surface area contributed by atoms with E-state index in [0.29, 0.717) is 17.5 Å². The molecule has 1 aromatic rings. The van der Waals surface area contributed by atoms with Crippen LogP contribution in [0, 0.1) is 17.7 Å². The topological polar surface area (TPSA) is 58.4 Å². The molecular formula is C13H16FN3O. The summed E-state index contributed by atoms with van der Waals surface area (Å²) < 4.78 is 13.7. The second kappa shape index (κ2) is 4.24. The van der Waals surface area contributed by atoms with Crippen molar-refractivity contribution < 1.29 is 9.18 Å². The van der Waals surface area contributed by atoms with Gasteiger partial charge in [0.25, 0.3) is 5.91 Å². The third-order valence-corrected chi connectivity index (χ3v) is 3.97. The van der Waals surface area contributed by atoms with Gasteiger partial charge in [-0.3, -0.25) is 4.79 Å². The summed E-state index contributed by atoms with van der Waals surface area (Å²) in [5.74, 6) is -0.0449. The molecule has 2 atom stereocenters. The van der Waals surface area contributed by atoms with Crippen molar-refractivity contribution in [2.75, 3.05) is 31.1 Å². The molecule has 2 aliphatic heterocycles. The van der Waals surface area contributed by atoms with E-state index in [2.05, 4.69) is 10.2 Å². The molecule has 0 saturated carbocycles. The van der Waals surface area contributed by atoms with E-state index in [1.165, 1.54) is 6.07 Å². The third-order valence-electron chi connectivity index (χ3n) is 3.97. The maximum Gasteiger partial charge on any atom is 0.253 e. The fraction of sp³-hybridized carbons (Fsp3) is 0.462. The summed E-state index contributed by atoms with van der Waals surface area (Å²) in [7, 11) is 0. The highest BCUT2D eigenvalue weighted by Crippen LogP contribution is 2.32. The maximum absolute atomic E-state index is 13.7. The Morgan fingerprint density at radius 3 is 2.61 bits per heavy atom. The van der Waals surface area contributed by atoms with E-state index in [1.807, 2.05) is 0 Å². The molecule has 0 spiro atoms. The number of benzene rings is 1. The number of carbonyl (C=O) groups is 1. The minimum atomic E-state index is -0.696. The van der Waals surface area contributed by atoms with E-state index in [1.54, 1.807) is 12.1 Å². The predicted octanol–water partition coefficient (Wildman–Crippen LogP) is 0.580. The summed E-state index contributed by atoms with van der Waals surface area (Å²) in [6, 6.07) is 4.68. The summed E-state index contributed by atoms with van der Waals surface area (Å²) >= 11 is 0. The SMILES string of the molecule is NC(=O)c1c(F)cccc1N1C[C@H]2CNC[C@H]2C1. The lowest BCUT2D eigenvalue weighted by Crippen LogP contribution is -2.28. The first kappa shape index (κ1) is 11.5. The molecule has 0 aliphatic carbocycles. The van der Waals surface area contributed by atoms with Crippen LogP contribution < -0.4 is 16.0 Å². The van der Waals surface area contributed by atoms with Gasteiger partial charge in [0.1, 0.15) is 5.82 Å². The summed E-state index contributed by atoms with van der Waals surface area (Å²) in [4.78, 5) is 13.5. The van der Waals surface area contributed by atoms with E-state index in [9.17, 15) is 9.18 Å². The van der Waals surface area contributed by atoms with Crippen molar-refractivity contribution in [3.63, 3.8) is 0 Å². The molecule has 4 nitrogen and oxygen atoms in total. The van der Waals surface area contributed by atoms with Crippen molar-refractivity contribution in [3.05, 3.63) is 29.6 Å². The molecule has 0 bridgehead atoms. The Balaban J connectivity index is 1.93. The Morgan fingerprint density at radius 2 is 2.00 bits per heavy atom. The first-order chi connectivity index (χ1) is 8.66. The number of hydrogen-bond acceptors (Lipinski definition) is 3. The van der Waals surface area contributed by atoms with Crippen molar-refractivity contribution in [2.24, 2.45) is 17.6 Å². The average Bonchev–Trinajstić information content (AvgIpc) is 2.87. The van der Waals surface area contributed by atoms with Crippen LogP contribution >= 0.6 is 0 Å². The van der Waals surface area contributed by atoms with Gasteiger partial charge >= 0.3 is 0 Å². The summed E-state index contributed by atoms with van der Waals surface area (Å²) in [6.45, 7) is 3.73. The number of nitrogens with two attached hydrogens (primary N) is 1. The van der Waals surface area contributed by atoms with Crippen LogP contribution in [0.25, 0.3) is 0 Å². The number of hydrogen-bond donors (Lipinski definition) is 2. The molecular weight excluding hydrogens is 233 g/mol. The standard InChI is InChI=1S/C13H16FN3O/c14-10-2-1-3-11(12(10)13(15)18)17-6-8-4-16-5-9(8)7-17/h1-3,8-9,16H,4-7H2,(H2,15,18)/t8-,9+. The van der Waals surface area contributed by atoms with E-state index in [0.717, 1.165) is 26.2 Å². The molecule has 3 rings (SSSR count). The second-order valence-electron chi connectivity index (χ2n) is 5.08. The average molecular weight is 249 g/mol. The van der Waals surface area contributed by atoms with Gasteiger partial charge in [-0.25, -0.2) is 4.39 Å². The lowest BCUT2D eigenvalue weighted by Gasteiger charge is -2.22. The van der Waals surface area contributed by atoms with E-state index in [4.69, 9.17) is 5.73 Å². The third kappa shape index (κ3) is 1.75. The monoisotopic (exact) mass is 249 g/mol. The summed E-state index contributed by atoms with van der Waals surface area (Å²) in [5, 5.41) is 3.35. The predicted molar refractivity (Wildman–Crippen MR) is 67.0 cm³/mol. The van der Waals surface area contributed by atoms with Gasteiger partial charge in [0, 0.05) is 26.2 Å². The van der Waals surface area contributed by atoms with Gasteiger partial charge in [-0.05, 0) is 24.0 Å². The second-order valence-corrected chi connectivity index (χ2v) is 5.08. The number of primary amides is 1. The smallest absolute Gasteiger partial charge is 0.253 e. The molecule has 2 aliphatic rings. The zero-order valence-electron chi connectivity index (χ0n) is 10.0. The van der Waals surface area contributed by atoms with Gasteiger partial charge in [-0.1, -0.05) is 6.07 Å². The molecule has 0 radical (unpaired) electrons. The molecule has 0 aromatic heterocycles. The van der Waals surface area contributed by atoms with Crippen molar-refractivity contribution >= 4 is 11.6 Å². The van der Waals surface area contributed by atoms with Crippen LogP contribution in [0.3, 0.4) is 0 Å². The maximum atomic E-state index is 13.7.